The van der Waals surface area contributed by atoms with E-state index in [1.807, 2.05) is 18.2 Å². The van der Waals surface area contributed by atoms with Gasteiger partial charge in [-0.3, -0.25) is 0 Å². The minimum atomic E-state index is 0. The number of phenols is 1. The first-order valence-corrected chi connectivity index (χ1v) is 20.1. The molecule has 0 spiro atoms. The normalized spacial score (nSPS) is 13.8. The molecule has 5 nitrogen and oxygen atoms in total. The molecule has 1 aliphatic rings. The number of rotatable bonds is 5. The summed E-state index contributed by atoms with van der Waals surface area (Å²) in [5.74, 6) is 0.236. The molecule has 8 aromatic carbocycles. The molecule has 0 unspecified atom stereocenters. The highest BCUT2D eigenvalue weighted by Crippen LogP contribution is 2.41. The maximum absolute atomic E-state index is 11.4. The number of phenolic OH excluding ortho intramolecular Hbond substituents is 1. The van der Waals surface area contributed by atoms with Gasteiger partial charge in [-0.05, 0) is 101 Å². The number of allylic oxidation sites excluding steroid dienone is 4. The minimum absolute atomic E-state index is 0. The summed E-state index contributed by atoms with van der Waals surface area (Å²) in [4.78, 5) is 2.30. The molecule has 0 amide bonds. The number of aromatic nitrogens is 2. The van der Waals surface area contributed by atoms with Crippen LogP contribution in [0.1, 0.15) is 5.56 Å². The average Bonchev–Trinajstić information content (AvgIpc) is 3.82. The summed E-state index contributed by atoms with van der Waals surface area (Å²) in [7, 11) is 0. The zero-order valence-electron chi connectivity index (χ0n) is 32.8. The van der Waals surface area contributed by atoms with Gasteiger partial charge < -0.3 is 24.6 Å². The van der Waals surface area contributed by atoms with Gasteiger partial charge in [0.05, 0.1) is 22.1 Å². The summed E-state index contributed by atoms with van der Waals surface area (Å²) in [5, 5.41) is 16.3. The van der Waals surface area contributed by atoms with Gasteiger partial charge in [0.2, 0.25) is 0 Å². The molecule has 10 aromatic rings. The van der Waals surface area contributed by atoms with E-state index in [0.29, 0.717) is 6.54 Å². The second-order valence-electron chi connectivity index (χ2n) is 15.2. The van der Waals surface area contributed by atoms with E-state index in [-0.39, 0.29) is 11.2 Å². The van der Waals surface area contributed by atoms with Gasteiger partial charge in [-0.1, -0.05) is 134 Å². The summed E-state index contributed by atoms with van der Waals surface area (Å²) in [6.45, 7) is 5.04. The van der Waals surface area contributed by atoms with E-state index < -0.39 is 0 Å². The van der Waals surface area contributed by atoms with Gasteiger partial charge in [-0.25, -0.2) is 0 Å². The summed E-state index contributed by atoms with van der Waals surface area (Å²) in [6.07, 6.45) is 8.33. The highest BCUT2D eigenvalue weighted by molar-refractivity contribution is 6.11. The lowest BCUT2D eigenvalue weighted by atomic mass is 10.0. The van der Waals surface area contributed by atoms with Gasteiger partial charge in [-0.2, -0.15) is 0 Å². The molecule has 60 heavy (non-hydrogen) atoms. The standard InChI is InChI=1S/C55H39N3O.H2O/c1-37-15-3-2-12-32-56(50-24-8-4-20-44(37)50)41-18-14-17-40(34-41)48-36-43(29-31-55(48)59)58-53-27-11-7-23-47(53)49-35-39(28-30-54(49)58)38-16-13-19-42(33-38)57-51-25-9-5-21-45(51)46-22-6-10-26-52(46)57;/h2-31,33-36,59H,1,32H2;1H2/b12-2-,15-3-;. The SMILES string of the molecule is C=C1/C=C\C=C/CN(c2cccc(-c3cc(-n4c5ccccc5c5cc(-c6cccc(-n7c8ccccc8c8ccccc87)c6)ccc54)ccc3O)c2)c2ccccc21.O. The van der Waals surface area contributed by atoms with E-state index in [2.05, 4.69) is 209 Å². The van der Waals surface area contributed by atoms with E-state index in [1.165, 1.54) is 32.6 Å². The van der Waals surface area contributed by atoms with Crippen LogP contribution < -0.4 is 4.90 Å². The third-order valence-electron chi connectivity index (χ3n) is 11.8. The van der Waals surface area contributed by atoms with Crippen molar-refractivity contribution in [2.24, 2.45) is 0 Å². The fourth-order valence-corrected chi connectivity index (χ4v) is 9.02. The number of fused-ring (bicyclic) bond motifs is 7. The molecule has 3 N–H and O–H groups in total. The fraction of sp³-hybridized carbons (Fsp3) is 0.0182. The summed E-state index contributed by atoms with van der Waals surface area (Å²) in [5.41, 5.74) is 14.9. The van der Waals surface area contributed by atoms with Crippen molar-refractivity contribution < 1.29 is 10.6 Å². The lowest BCUT2D eigenvalue weighted by Gasteiger charge is -2.27. The summed E-state index contributed by atoms with van der Waals surface area (Å²) >= 11 is 0. The Hall–Kier alpha value is -7.86. The van der Waals surface area contributed by atoms with Crippen molar-refractivity contribution in [3.05, 3.63) is 218 Å². The van der Waals surface area contributed by atoms with Gasteiger partial charge in [0.1, 0.15) is 5.75 Å². The van der Waals surface area contributed by atoms with E-state index >= 15 is 0 Å². The fourth-order valence-electron chi connectivity index (χ4n) is 9.02. The topological polar surface area (TPSA) is 64.8 Å². The Morgan fingerprint density at radius 3 is 1.73 bits per heavy atom. The molecule has 0 atom stereocenters. The number of anilines is 2. The Morgan fingerprint density at radius 1 is 0.433 bits per heavy atom. The summed E-state index contributed by atoms with van der Waals surface area (Å²) in [6, 6.07) is 64.4. The van der Waals surface area contributed by atoms with Gasteiger partial charge in [0.15, 0.2) is 0 Å². The molecular formula is C55H41N3O2. The first-order chi connectivity index (χ1) is 29.1. The quantitative estimate of drug-likeness (QED) is 0.189. The van der Waals surface area contributed by atoms with Crippen molar-refractivity contribution in [2.75, 3.05) is 11.4 Å². The first-order valence-electron chi connectivity index (χ1n) is 20.1. The number of benzene rings is 8. The van der Waals surface area contributed by atoms with E-state index in [4.69, 9.17) is 0 Å². The van der Waals surface area contributed by atoms with Crippen molar-refractivity contribution in [1.82, 2.24) is 9.13 Å². The van der Waals surface area contributed by atoms with Gasteiger partial charge in [-0.15, -0.1) is 0 Å². The molecule has 288 valence electrons. The maximum Gasteiger partial charge on any atom is 0.123 e. The Labute approximate surface area is 348 Å². The highest BCUT2D eigenvalue weighted by Gasteiger charge is 2.19. The lowest BCUT2D eigenvalue weighted by Crippen LogP contribution is -2.18. The second-order valence-corrected chi connectivity index (χ2v) is 15.2. The van der Waals surface area contributed by atoms with Crippen LogP contribution >= 0.6 is 0 Å². The molecule has 11 rings (SSSR count). The number of nitrogens with zero attached hydrogens (tertiary/aromatic N) is 3. The zero-order valence-corrected chi connectivity index (χ0v) is 32.8. The molecule has 0 saturated carbocycles. The van der Waals surface area contributed by atoms with Crippen molar-refractivity contribution in [1.29, 1.82) is 0 Å². The molecule has 0 radical (unpaired) electrons. The number of hydrogen-bond acceptors (Lipinski definition) is 2. The van der Waals surface area contributed by atoms with Crippen LogP contribution in [0.5, 0.6) is 5.75 Å². The molecule has 0 saturated heterocycles. The van der Waals surface area contributed by atoms with E-state index in [9.17, 15) is 5.11 Å². The monoisotopic (exact) mass is 775 g/mol. The van der Waals surface area contributed by atoms with Crippen LogP contribution in [-0.4, -0.2) is 26.3 Å². The minimum Gasteiger partial charge on any atom is -0.507 e. The maximum atomic E-state index is 11.4. The van der Waals surface area contributed by atoms with E-state index in [0.717, 1.165) is 67.2 Å². The molecule has 0 bridgehead atoms. The molecule has 0 aliphatic carbocycles. The third kappa shape index (κ3) is 5.99. The molecular weight excluding hydrogens is 735 g/mol. The van der Waals surface area contributed by atoms with Gasteiger partial charge in [0.25, 0.3) is 0 Å². The Kier molecular flexibility index (Phi) is 9.01. The van der Waals surface area contributed by atoms with E-state index in [1.54, 1.807) is 0 Å². The zero-order chi connectivity index (χ0) is 39.5. The number of para-hydroxylation sites is 4. The van der Waals surface area contributed by atoms with Gasteiger partial charge >= 0.3 is 0 Å². The Bertz CT molecular complexity index is 3310. The molecule has 2 aromatic heterocycles. The van der Waals surface area contributed by atoms with Crippen LogP contribution in [-0.2, 0) is 0 Å². The smallest absolute Gasteiger partial charge is 0.123 e. The predicted molar refractivity (Wildman–Crippen MR) is 252 cm³/mol. The van der Waals surface area contributed by atoms with Crippen LogP contribution in [0.2, 0.25) is 0 Å². The third-order valence-corrected chi connectivity index (χ3v) is 11.8. The van der Waals surface area contributed by atoms with Gasteiger partial charge in [0, 0.05) is 62.0 Å². The second kappa shape index (κ2) is 14.8. The predicted octanol–water partition coefficient (Wildman–Crippen LogP) is 13.4. The van der Waals surface area contributed by atoms with Crippen LogP contribution in [0.4, 0.5) is 11.4 Å². The van der Waals surface area contributed by atoms with Crippen LogP contribution in [0, 0.1) is 0 Å². The molecule has 5 heteroatoms. The Morgan fingerprint density at radius 2 is 1.00 bits per heavy atom. The van der Waals surface area contributed by atoms with Crippen LogP contribution in [0.15, 0.2) is 213 Å². The van der Waals surface area contributed by atoms with Crippen molar-refractivity contribution in [3.8, 4) is 39.4 Å². The molecule has 0 fully saturated rings. The number of hydrogen-bond donors (Lipinski definition) is 1. The van der Waals surface area contributed by atoms with Crippen molar-refractivity contribution >= 4 is 60.6 Å². The van der Waals surface area contributed by atoms with Crippen LogP contribution in [0.3, 0.4) is 0 Å². The molecule has 1 aliphatic heterocycles. The Balaban J connectivity index is 0.00000433. The first kappa shape index (κ1) is 36.5. The van der Waals surface area contributed by atoms with Crippen molar-refractivity contribution in [2.45, 2.75) is 0 Å². The summed E-state index contributed by atoms with van der Waals surface area (Å²) < 4.78 is 4.69. The van der Waals surface area contributed by atoms with Crippen molar-refractivity contribution in [3.63, 3.8) is 0 Å². The highest BCUT2D eigenvalue weighted by atomic mass is 16.3. The average molecular weight is 776 g/mol. The lowest BCUT2D eigenvalue weighted by molar-refractivity contribution is 0.477. The molecule has 3 heterocycles. The largest absolute Gasteiger partial charge is 0.507 e. The number of aromatic hydroxyl groups is 1. The van der Waals surface area contributed by atoms with Crippen LogP contribution in [0.25, 0.3) is 82.8 Å².